The second kappa shape index (κ2) is 6.48. The van der Waals surface area contributed by atoms with E-state index in [0.29, 0.717) is 17.2 Å². The van der Waals surface area contributed by atoms with Gasteiger partial charge in [-0.2, -0.15) is 0 Å². The molecule has 3 fully saturated rings. The van der Waals surface area contributed by atoms with Crippen molar-refractivity contribution in [1.82, 2.24) is 4.90 Å². The minimum absolute atomic E-state index is 0.175. The summed E-state index contributed by atoms with van der Waals surface area (Å²) in [5.74, 6) is 0.700. The Labute approximate surface area is 146 Å². The van der Waals surface area contributed by atoms with E-state index in [1.54, 1.807) is 30.3 Å². The first kappa shape index (κ1) is 16.1. The van der Waals surface area contributed by atoms with Crippen LogP contribution in [0.4, 0.5) is 4.39 Å². The summed E-state index contributed by atoms with van der Waals surface area (Å²) in [5.41, 5.74) is 7.06. The summed E-state index contributed by atoms with van der Waals surface area (Å²) in [4.78, 5) is 14.3. The molecular formula is C20H21FN2O2. The first-order chi connectivity index (χ1) is 12.1. The van der Waals surface area contributed by atoms with Crippen molar-refractivity contribution >= 4 is 5.91 Å². The van der Waals surface area contributed by atoms with Gasteiger partial charge in [0.1, 0.15) is 5.75 Å². The molecule has 5 rings (SSSR count). The molecule has 0 spiro atoms. The lowest BCUT2D eigenvalue weighted by Gasteiger charge is -2.45. The van der Waals surface area contributed by atoms with E-state index in [0.717, 1.165) is 38.0 Å². The number of primary amides is 1. The molecule has 25 heavy (non-hydrogen) atoms. The van der Waals surface area contributed by atoms with Crippen molar-refractivity contribution in [2.24, 2.45) is 11.7 Å². The van der Waals surface area contributed by atoms with E-state index in [4.69, 9.17) is 10.5 Å². The maximum absolute atomic E-state index is 13.9. The third-order valence-electron chi connectivity index (χ3n) is 5.41. The fourth-order valence-corrected chi connectivity index (χ4v) is 4.11. The third kappa shape index (κ3) is 3.12. The molecule has 5 heteroatoms. The number of hydrogen-bond donors (Lipinski definition) is 1. The van der Waals surface area contributed by atoms with Gasteiger partial charge < -0.3 is 15.4 Å². The topological polar surface area (TPSA) is 55.6 Å². The van der Waals surface area contributed by atoms with Gasteiger partial charge >= 0.3 is 0 Å². The molecule has 3 aliphatic rings. The van der Waals surface area contributed by atoms with Crippen molar-refractivity contribution < 1.29 is 13.9 Å². The van der Waals surface area contributed by atoms with Crippen LogP contribution in [0.5, 0.6) is 11.5 Å². The molecule has 1 atom stereocenters. The summed E-state index contributed by atoms with van der Waals surface area (Å²) in [6, 6.07) is 11.5. The summed E-state index contributed by atoms with van der Waals surface area (Å²) in [6.07, 6.45) is 2.28. The molecule has 0 aromatic heterocycles. The molecule has 3 saturated heterocycles. The summed E-state index contributed by atoms with van der Waals surface area (Å²) in [7, 11) is 0. The number of fused-ring (bicyclic) bond motifs is 3. The number of nitrogens with two attached hydrogens (primary N) is 1. The van der Waals surface area contributed by atoms with E-state index in [-0.39, 0.29) is 11.7 Å². The summed E-state index contributed by atoms with van der Waals surface area (Å²) in [5, 5.41) is 0. The van der Waals surface area contributed by atoms with E-state index in [1.165, 1.54) is 6.07 Å². The van der Waals surface area contributed by atoms with Crippen LogP contribution in [0.25, 0.3) is 0 Å². The molecule has 0 aliphatic carbocycles. The molecule has 1 amide bonds. The maximum Gasteiger partial charge on any atom is 0.248 e. The normalized spacial score (nSPS) is 24.9. The van der Waals surface area contributed by atoms with Gasteiger partial charge in [0.05, 0.1) is 0 Å². The van der Waals surface area contributed by atoms with Gasteiger partial charge in [0.2, 0.25) is 5.91 Å². The highest BCUT2D eigenvalue weighted by atomic mass is 19.1. The number of para-hydroxylation sites is 1. The number of amides is 1. The zero-order valence-electron chi connectivity index (χ0n) is 14.0. The molecule has 0 saturated carbocycles. The van der Waals surface area contributed by atoms with Crippen LogP contribution >= 0.6 is 0 Å². The van der Waals surface area contributed by atoms with E-state index in [2.05, 4.69) is 4.90 Å². The van der Waals surface area contributed by atoms with Crippen LogP contribution in [-0.2, 0) is 0 Å². The molecule has 1 unspecified atom stereocenters. The molecular weight excluding hydrogens is 319 g/mol. The van der Waals surface area contributed by atoms with Crippen LogP contribution in [0.1, 0.15) is 34.7 Å². The largest absolute Gasteiger partial charge is 0.454 e. The number of carbonyl (C=O) groups excluding carboxylic acids is 1. The summed E-state index contributed by atoms with van der Waals surface area (Å²) in [6.45, 7) is 3.19. The average Bonchev–Trinajstić information content (AvgIpc) is 2.64. The van der Waals surface area contributed by atoms with Gasteiger partial charge in [-0.15, -0.1) is 0 Å². The Balaban J connectivity index is 1.69. The first-order valence-electron chi connectivity index (χ1n) is 8.70. The van der Waals surface area contributed by atoms with Crippen LogP contribution in [0.15, 0.2) is 42.5 Å². The number of nitrogens with zero attached hydrogens (tertiary/aromatic N) is 1. The predicted molar refractivity (Wildman–Crippen MR) is 93.3 cm³/mol. The van der Waals surface area contributed by atoms with Gasteiger partial charge in [-0.25, -0.2) is 4.39 Å². The zero-order chi connectivity index (χ0) is 17.4. The summed E-state index contributed by atoms with van der Waals surface area (Å²) >= 11 is 0. The molecule has 2 aromatic rings. The highest BCUT2D eigenvalue weighted by Gasteiger charge is 2.36. The minimum atomic E-state index is -0.427. The van der Waals surface area contributed by atoms with Gasteiger partial charge in [-0.1, -0.05) is 12.1 Å². The second-order valence-corrected chi connectivity index (χ2v) is 6.89. The van der Waals surface area contributed by atoms with Crippen molar-refractivity contribution in [3.05, 3.63) is 59.4 Å². The van der Waals surface area contributed by atoms with Crippen molar-refractivity contribution in [3.63, 3.8) is 0 Å². The van der Waals surface area contributed by atoms with Crippen molar-refractivity contribution in [1.29, 1.82) is 0 Å². The van der Waals surface area contributed by atoms with Crippen molar-refractivity contribution in [3.8, 4) is 11.5 Å². The lowest BCUT2D eigenvalue weighted by molar-refractivity contribution is 0.0855. The van der Waals surface area contributed by atoms with E-state index in [9.17, 15) is 9.18 Å². The Morgan fingerprint density at radius 1 is 1.16 bits per heavy atom. The fraction of sp³-hybridized carbons (Fsp3) is 0.350. The third-order valence-corrected chi connectivity index (χ3v) is 5.41. The van der Waals surface area contributed by atoms with Crippen LogP contribution < -0.4 is 10.5 Å². The zero-order valence-corrected chi connectivity index (χ0v) is 14.0. The maximum atomic E-state index is 13.9. The Hall–Kier alpha value is -2.40. The highest BCUT2D eigenvalue weighted by molar-refractivity contribution is 5.94. The number of piperidine rings is 3. The number of ether oxygens (including phenoxy) is 1. The van der Waals surface area contributed by atoms with Crippen LogP contribution in [0.3, 0.4) is 0 Å². The van der Waals surface area contributed by atoms with Gasteiger partial charge in [0.15, 0.2) is 11.6 Å². The van der Waals surface area contributed by atoms with Crippen LogP contribution in [0.2, 0.25) is 0 Å². The Kier molecular flexibility index (Phi) is 4.17. The van der Waals surface area contributed by atoms with Crippen molar-refractivity contribution in [2.45, 2.75) is 18.8 Å². The Morgan fingerprint density at radius 3 is 2.56 bits per heavy atom. The molecule has 0 radical (unpaired) electrons. The van der Waals surface area contributed by atoms with Gasteiger partial charge in [0.25, 0.3) is 0 Å². The van der Waals surface area contributed by atoms with Crippen molar-refractivity contribution in [2.75, 3.05) is 19.6 Å². The first-order valence-corrected chi connectivity index (χ1v) is 8.70. The lowest BCUT2D eigenvalue weighted by Crippen LogP contribution is -2.46. The molecule has 2 bridgehead atoms. The average molecular weight is 340 g/mol. The molecule has 2 aromatic carbocycles. The summed E-state index contributed by atoms with van der Waals surface area (Å²) < 4.78 is 19.6. The number of carbonyl (C=O) groups is 1. The second-order valence-electron chi connectivity index (χ2n) is 6.89. The molecule has 4 nitrogen and oxygen atoms in total. The Bertz CT molecular complexity index is 800. The smallest absolute Gasteiger partial charge is 0.248 e. The monoisotopic (exact) mass is 340 g/mol. The predicted octanol–water partition coefficient (Wildman–Crippen LogP) is 3.53. The fourth-order valence-electron chi connectivity index (χ4n) is 4.11. The minimum Gasteiger partial charge on any atom is -0.454 e. The molecule has 2 N–H and O–H groups in total. The number of rotatable bonds is 4. The SMILES string of the molecule is NC(=O)c1ccc(Oc2ccccc2F)cc1C1CN2CCC1CC2. The molecule has 130 valence electrons. The lowest BCUT2D eigenvalue weighted by atomic mass is 9.74. The molecule has 3 heterocycles. The van der Waals surface area contributed by atoms with Crippen LogP contribution in [-0.4, -0.2) is 30.4 Å². The van der Waals surface area contributed by atoms with E-state index in [1.807, 2.05) is 6.07 Å². The van der Waals surface area contributed by atoms with Gasteiger partial charge in [-0.05, 0) is 67.7 Å². The van der Waals surface area contributed by atoms with E-state index < -0.39 is 11.7 Å². The number of hydrogen-bond acceptors (Lipinski definition) is 3. The standard InChI is InChI=1S/C20H21FN2O2/c21-18-3-1-2-4-19(18)25-14-5-6-15(20(22)24)16(11-14)17-12-23-9-7-13(17)8-10-23/h1-6,11,13,17H,7-10,12H2,(H2,22,24). The molecule has 3 aliphatic heterocycles. The highest BCUT2D eigenvalue weighted by Crippen LogP contribution is 2.41. The van der Waals surface area contributed by atoms with Gasteiger partial charge in [-0.3, -0.25) is 4.79 Å². The van der Waals surface area contributed by atoms with Crippen LogP contribution in [0, 0.1) is 11.7 Å². The number of halogens is 1. The number of benzene rings is 2. The Morgan fingerprint density at radius 2 is 1.92 bits per heavy atom. The quantitative estimate of drug-likeness (QED) is 0.926. The van der Waals surface area contributed by atoms with Gasteiger partial charge in [0, 0.05) is 18.0 Å². The van der Waals surface area contributed by atoms with E-state index >= 15 is 0 Å².